The summed E-state index contributed by atoms with van der Waals surface area (Å²) in [5, 5.41) is 13.7. The summed E-state index contributed by atoms with van der Waals surface area (Å²) >= 11 is 0. The van der Waals surface area contributed by atoms with E-state index >= 15 is 0 Å². The van der Waals surface area contributed by atoms with Crippen LogP contribution in [-0.4, -0.2) is 21.4 Å². The smallest absolute Gasteiger partial charge is 0.229 e. The minimum absolute atomic E-state index is 0.319. The second kappa shape index (κ2) is 6.13. The van der Waals surface area contributed by atoms with Gasteiger partial charge in [0.2, 0.25) is 11.7 Å². The Balaban J connectivity index is 2.14. The molecule has 1 unspecified atom stereocenters. The summed E-state index contributed by atoms with van der Waals surface area (Å²) in [7, 11) is 0. The predicted octanol–water partition coefficient (Wildman–Crippen LogP) is 3.13. The second-order valence-corrected chi connectivity index (χ2v) is 5.46. The van der Waals surface area contributed by atoms with E-state index in [0.29, 0.717) is 36.0 Å². The summed E-state index contributed by atoms with van der Waals surface area (Å²) in [4.78, 5) is 4.23. The van der Waals surface area contributed by atoms with Crippen molar-refractivity contribution in [2.24, 2.45) is 5.92 Å². The van der Waals surface area contributed by atoms with Gasteiger partial charge in [0.25, 0.3) is 0 Å². The summed E-state index contributed by atoms with van der Waals surface area (Å²) < 4.78 is 18.4. The first-order valence-corrected chi connectivity index (χ1v) is 6.73. The van der Waals surface area contributed by atoms with Crippen molar-refractivity contribution in [3.8, 4) is 11.4 Å². The molecule has 108 valence electrons. The Morgan fingerprint density at radius 1 is 1.35 bits per heavy atom. The molecule has 1 aromatic carbocycles. The van der Waals surface area contributed by atoms with E-state index in [2.05, 4.69) is 10.1 Å². The van der Waals surface area contributed by atoms with E-state index in [1.54, 1.807) is 6.07 Å². The Morgan fingerprint density at radius 2 is 2.10 bits per heavy atom. The lowest BCUT2D eigenvalue weighted by molar-refractivity contribution is 0.138. The van der Waals surface area contributed by atoms with Gasteiger partial charge in [0.05, 0.1) is 12.5 Å². The Kier molecular flexibility index (Phi) is 4.49. The fourth-order valence-electron chi connectivity index (χ4n) is 2.11. The number of aliphatic hydroxyl groups is 1. The molecule has 2 aromatic rings. The number of halogens is 1. The molecule has 4 nitrogen and oxygen atoms in total. The maximum atomic E-state index is 13.3. The Hall–Kier alpha value is -1.75. The van der Waals surface area contributed by atoms with Gasteiger partial charge < -0.3 is 9.63 Å². The molecule has 0 amide bonds. The van der Waals surface area contributed by atoms with Crippen LogP contribution in [0.25, 0.3) is 11.4 Å². The van der Waals surface area contributed by atoms with Gasteiger partial charge in [-0.15, -0.1) is 0 Å². The van der Waals surface area contributed by atoms with Gasteiger partial charge >= 0.3 is 0 Å². The lowest BCUT2D eigenvalue weighted by atomic mass is 10.0. The van der Waals surface area contributed by atoms with Crippen molar-refractivity contribution in [2.75, 3.05) is 0 Å². The van der Waals surface area contributed by atoms with Crippen LogP contribution in [0.15, 0.2) is 22.7 Å². The van der Waals surface area contributed by atoms with Crippen LogP contribution in [0.2, 0.25) is 0 Å². The number of hydrogen-bond donors (Lipinski definition) is 1. The average Bonchev–Trinajstić information content (AvgIpc) is 2.79. The zero-order valence-electron chi connectivity index (χ0n) is 11.9. The molecule has 0 aliphatic carbocycles. The number of nitrogens with zero attached hydrogens (tertiary/aromatic N) is 2. The third kappa shape index (κ3) is 3.63. The van der Waals surface area contributed by atoms with E-state index in [1.165, 1.54) is 12.1 Å². The molecular weight excluding hydrogens is 259 g/mol. The van der Waals surface area contributed by atoms with Gasteiger partial charge in [-0.25, -0.2) is 4.39 Å². The number of hydrogen-bond acceptors (Lipinski definition) is 4. The lowest BCUT2D eigenvalue weighted by Gasteiger charge is -2.09. The van der Waals surface area contributed by atoms with Crippen LogP contribution in [0.5, 0.6) is 0 Å². The quantitative estimate of drug-likeness (QED) is 0.912. The molecule has 0 aliphatic rings. The number of aliphatic hydroxyl groups excluding tert-OH is 1. The fraction of sp³-hybridized carbons (Fsp3) is 0.467. The van der Waals surface area contributed by atoms with E-state index in [4.69, 9.17) is 4.52 Å². The highest BCUT2D eigenvalue weighted by Gasteiger charge is 2.15. The summed E-state index contributed by atoms with van der Waals surface area (Å²) in [5.74, 6) is 0.792. The van der Waals surface area contributed by atoms with E-state index in [1.807, 2.05) is 20.8 Å². The monoisotopic (exact) mass is 278 g/mol. The fourth-order valence-corrected chi connectivity index (χ4v) is 2.11. The Bertz CT molecular complexity index is 581. The molecular formula is C15H19FN2O2. The average molecular weight is 278 g/mol. The molecule has 0 radical (unpaired) electrons. The first kappa shape index (κ1) is 14.7. The maximum Gasteiger partial charge on any atom is 0.229 e. The van der Waals surface area contributed by atoms with Crippen molar-refractivity contribution in [1.29, 1.82) is 0 Å². The van der Waals surface area contributed by atoms with Crippen molar-refractivity contribution in [2.45, 2.75) is 39.7 Å². The summed E-state index contributed by atoms with van der Waals surface area (Å²) in [5.41, 5.74) is 1.49. The van der Waals surface area contributed by atoms with Crippen LogP contribution in [0.4, 0.5) is 4.39 Å². The van der Waals surface area contributed by atoms with Gasteiger partial charge in [-0.1, -0.05) is 25.1 Å². The Labute approximate surface area is 117 Å². The van der Waals surface area contributed by atoms with E-state index in [-0.39, 0.29) is 5.82 Å². The van der Waals surface area contributed by atoms with E-state index in [9.17, 15) is 9.50 Å². The maximum absolute atomic E-state index is 13.3. The first-order valence-electron chi connectivity index (χ1n) is 6.73. The third-order valence-electron chi connectivity index (χ3n) is 3.06. The largest absolute Gasteiger partial charge is 0.393 e. The molecule has 0 bridgehead atoms. The van der Waals surface area contributed by atoms with Crippen molar-refractivity contribution in [3.63, 3.8) is 0 Å². The number of aryl methyl sites for hydroxylation is 1. The SMILES string of the molecule is Cc1ccc(F)cc1-c1noc(CC(O)CC(C)C)n1. The van der Waals surface area contributed by atoms with E-state index < -0.39 is 6.10 Å². The van der Waals surface area contributed by atoms with E-state index in [0.717, 1.165) is 5.56 Å². The van der Waals surface area contributed by atoms with Crippen LogP contribution in [0.1, 0.15) is 31.7 Å². The lowest BCUT2D eigenvalue weighted by Crippen LogP contribution is -2.13. The van der Waals surface area contributed by atoms with Crippen molar-refractivity contribution < 1.29 is 14.0 Å². The summed E-state index contributed by atoms with van der Waals surface area (Å²) in [6.45, 7) is 5.94. The molecule has 0 aliphatic heterocycles. The molecule has 0 spiro atoms. The number of aromatic nitrogens is 2. The zero-order valence-corrected chi connectivity index (χ0v) is 11.9. The highest BCUT2D eigenvalue weighted by Crippen LogP contribution is 2.22. The van der Waals surface area contributed by atoms with Crippen molar-refractivity contribution in [3.05, 3.63) is 35.5 Å². The minimum Gasteiger partial charge on any atom is -0.393 e. The van der Waals surface area contributed by atoms with Gasteiger partial charge in [-0.05, 0) is 37.0 Å². The van der Waals surface area contributed by atoms with Gasteiger partial charge in [-0.3, -0.25) is 0 Å². The van der Waals surface area contributed by atoms with Crippen LogP contribution < -0.4 is 0 Å². The molecule has 0 saturated heterocycles. The van der Waals surface area contributed by atoms with Crippen LogP contribution in [0, 0.1) is 18.7 Å². The molecule has 1 atom stereocenters. The van der Waals surface area contributed by atoms with Crippen molar-refractivity contribution >= 4 is 0 Å². The molecule has 1 N–H and O–H groups in total. The second-order valence-electron chi connectivity index (χ2n) is 5.46. The van der Waals surface area contributed by atoms with Crippen LogP contribution in [0.3, 0.4) is 0 Å². The molecule has 0 saturated carbocycles. The number of rotatable bonds is 5. The molecule has 5 heteroatoms. The number of benzene rings is 1. The van der Waals surface area contributed by atoms with Gasteiger partial charge in [0.15, 0.2) is 0 Å². The Morgan fingerprint density at radius 3 is 2.80 bits per heavy atom. The normalized spacial score (nSPS) is 12.9. The minimum atomic E-state index is -0.503. The highest BCUT2D eigenvalue weighted by atomic mass is 19.1. The molecule has 20 heavy (non-hydrogen) atoms. The molecule has 1 aromatic heterocycles. The topological polar surface area (TPSA) is 59.2 Å². The molecule has 2 rings (SSSR count). The molecule has 0 fully saturated rings. The highest BCUT2D eigenvalue weighted by molar-refractivity contribution is 5.59. The first-order chi connectivity index (χ1) is 9.45. The summed E-state index contributed by atoms with van der Waals surface area (Å²) in [6, 6.07) is 4.45. The summed E-state index contributed by atoms with van der Waals surface area (Å²) in [6.07, 6.45) is 0.493. The predicted molar refractivity (Wildman–Crippen MR) is 73.6 cm³/mol. The van der Waals surface area contributed by atoms with Crippen LogP contribution >= 0.6 is 0 Å². The van der Waals surface area contributed by atoms with Gasteiger partial charge in [0, 0.05) is 5.56 Å². The molecule has 1 heterocycles. The van der Waals surface area contributed by atoms with Crippen molar-refractivity contribution in [1.82, 2.24) is 10.1 Å². The zero-order chi connectivity index (χ0) is 14.7. The standard InChI is InChI=1S/C15H19FN2O2/c1-9(2)6-12(19)8-14-17-15(18-20-14)13-7-11(16)5-4-10(13)3/h4-5,7,9,12,19H,6,8H2,1-3H3. The third-order valence-corrected chi connectivity index (χ3v) is 3.06. The van der Waals surface area contributed by atoms with Gasteiger partial charge in [0.1, 0.15) is 5.82 Å². The van der Waals surface area contributed by atoms with Crippen LogP contribution in [-0.2, 0) is 6.42 Å². The van der Waals surface area contributed by atoms with Gasteiger partial charge in [-0.2, -0.15) is 4.98 Å².